The molecule has 2 rings (SSSR count). The Bertz CT molecular complexity index is 721. The minimum Gasteiger partial charge on any atom is -0.479 e. The van der Waals surface area contributed by atoms with E-state index in [0.29, 0.717) is 10.7 Å². The molecule has 1 amide bonds. The summed E-state index contributed by atoms with van der Waals surface area (Å²) in [5.41, 5.74) is 0.523. The van der Waals surface area contributed by atoms with Gasteiger partial charge in [-0.3, -0.25) is 4.79 Å². The zero-order valence-corrected chi connectivity index (χ0v) is 13.5. The number of anilines is 1. The van der Waals surface area contributed by atoms with Crippen LogP contribution in [0.2, 0.25) is 5.02 Å². The number of hydrogen-bond donors (Lipinski definition) is 1. The maximum Gasteiger partial charge on any atom is 0.344 e. The molecule has 0 aliphatic carbocycles. The summed E-state index contributed by atoms with van der Waals surface area (Å²) in [5, 5.41) is 3.12. The topological polar surface area (TPSA) is 64.6 Å². The van der Waals surface area contributed by atoms with Gasteiger partial charge in [0.25, 0.3) is 5.91 Å². The zero-order chi connectivity index (χ0) is 17.5. The number of esters is 1. The molecule has 0 unspecified atom stereocenters. The highest BCUT2D eigenvalue weighted by atomic mass is 35.5. The first kappa shape index (κ1) is 17.7. The lowest BCUT2D eigenvalue weighted by Crippen LogP contribution is -2.31. The second-order valence-electron chi connectivity index (χ2n) is 4.85. The highest BCUT2D eigenvalue weighted by molar-refractivity contribution is 6.30. The van der Waals surface area contributed by atoms with Gasteiger partial charge in [0, 0.05) is 10.7 Å². The first-order chi connectivity index (χ1) is 11.5. The van der Waals surface area contributed by atoms with Crippen molar-refractivity contribution < 1.29 is 23.5 Å². The summed E-state index contributed by atoms with van der Waals surface area (Å²) in [6.07, 6.45) is -1.03. The number of rotatable bonds is 6. The van der Waals surface area contributed by atoms with E-state index in [1.165, 1.54) is 25.1 Å². The van der Waals surface area contributed by atoms with Gasteiger partial charge in [-0.25, -0.2) is 9.18 Å². The van der Waals surface area contributed by atoms with Gasteiger partial charge in [-0.2, -0.15) is 0 Å². The fourth-order valence-electron chi connectivity index (χ4n) is 1.76. The van der Waals surface area contributed by atoms with Crippen LogP contribution in [0.1, 0.15) is 6.92 Å². The van der Waals surface area contributed by atoms with Crippen LogP contribution in [0, 0.1) is 5.82 Å². The third-order valence-electron chi connectivity index (χ3n) is 2.97. The number of ether oxygens (including phenoxy) is 2. The predicted molar refractivity (Wildman–Crippen MR) is 87.5 cm³/mol. The van der Waals surface area contributed by atoms with Gasteiger partial charge in [0.15, 0.2) is 24.3 Å². The molecule has 0 saturated heterocycles. The second-order valence-corrected chi connectivity index (χ2v) is 5.28. The molecule has 24 heavy (non-hydrogen) atoms. The molecule has 0 fully saturated rings. The maximum absolute atomic E-state index is 13.4. The molecule has 2 aromatic carbocycles. The highest BCUT2D eigenvalue weighted by Gasteiger charge is 2.18. The summed E-state index contributed by atoms with van der Waals surface area (Å²) in [6.45, 7) is 0.922. The van der Waals surface area contributed by atoms with Crippen molar-refractivity contribution in [3.05, 3.63) is 59.4 Å². The molecule has 7 heteroatoms. The van der Waals surface area contributed by atoms with Gasteiger partial charge < -0.3 is 14.8 Å². The minimum absolute atomic E-state index is 0.0623. The number of para-hydroxylation sites is 1. The molecule has 0 aromatic heterocycles. The monoisotopic (exact) mass is 351 g/mol. The van der Waals surface area contributed by atoms with Crippen molar-refractivity contribution in [1.82, 2.24) is 0 Å². The average molecular weight is 352 g/mol. The molecule has 1 N–H and O–H groups in total. The number of nitrogens with one attached hydrogen (secondary N) is 1. The van der Waals surface area contributed by atoms with Crippen molar-refractivity contribution in [2.75, 3.05) is 11.9 Å². The van der Waals surface area contributed by atoms with Crippen LogP contribution in [0.25, 0.3) is 0 Å². The van der Waals surface area contributed by atoms with E-state index in [9.17, 15) is 14.0 Å². The molecule has 0 aliphatic heterocycles. The van der Waals surface area contributed by atoms with Crippen molar-refractivity contribution in [2.45, 2.75) is 13.0 Å². The van der Waals surface area contributed by atoms with Crippen LogP contribution in [0.15, 0.2) is 48.5 Å². The Morgan fingerprint density at radius 2 is 1.83 bits per heavy atom. The normalized spacial score (nSPS) is 11.5. The Morgan fingerprint density at radius 1 is 1.17 bits per heavy atom. The van der Waals surface area contributed by atoms with Gasteiger partial charge >= 0.3 is 5.97 Å². The number of benzene rings is 2. The summed E-state index contributed by atoms with van der Waals surface area (Å²) < 4.78 is 23.3. The molecular formula is C17H15ClFNO4. The third-order valence-corrected chi connectivity index (χ3v) is 3.22. The summed E-state index contributed by atoms with van der Waals surface area (Å²) in [5.74, 6) is -1.93. The number of carbonyl (C=O) groups excluding carboxylic acids is 2. The lowest BCUT2D eigenvalue weighted by molar-refractivity contribution is -0.155. The van der Waals surface area contributed by atoms with Crippen LogP contribution in [0.5, 0.6) is 5.75 Å². The zero-order valence-electron chi connectivity index (χ0n) is 12.8. The van der Waals surface area contributed by atoms with Crippen molar-refractivity contribution >= 4 is 29.2 Å². The van der Waals surface area contributed by atoms with Crippen LogP contribution < -0.4 is 10.1 Å². The molecule has 0 saturated carbocycles. The second kappa shape index (κ2) is 8.31. The number of carbonyl (C=O) groups is 2. The van der Waals surface area contributed by atoms with Crippen LogP contribution >= 0.6 is 11.6 Å². The minimum atomic E-state index is -1.03. The lowest BCUT2D eigenvalue weighted by atomic mass is 10.3. The molecule has 2 aromatic rings. The molecule has 0 heterocycles. The van der Waals surface area contributed by atoms with Gasteiger partial charge in [0.1, 0.15) is 0 Å². The number of halogens is 2. The van der Waals surface area contributed by atoms with E-state index in [1.807, 2.05) is 0 Å². The largest absolute Gasteiger partial charge is 0.479 e. The van der Waals surface area contributed by atoms with Gasteiger partial charge in [0.05, 0.1) is 0 Å². The maximum atomic E-state index is 13.4. The Morgan fingerprint density at radius 3 is 2.50 bits per heavy atom. The predicted octanol–water partition coefficient (Wildman–Crippen LogP) is 3.43. The van der Waals surface area contributed by atoms with Gasteiger partial charge in [-0.15, -0.1) is 0 Å². The van der Waals surface area contributed by atoms with Gasteiger partial charge in [-0.05, 0) is 43.3 Å². The quantitative estimate of drug-likeness (QED) is 0.810. The Balaban J connectivity index is 1.81. The van der Waals surface area contributed by atoms with E-state index in [1.54, 1.807) is 30.3 Å². The van der Waals surface area contributed by atoms with Crippen molar-refractivity contribution in [3.8, 4) is 5.75 Å². The van der Waals surface area contributed by atoms with Crippen molar-refractivity contribution in [2.24, 2.45) is 0 Å². The highest BCUT2D eigenvalue weighted by Crippen LogP contribution is 2.16. The van der Waals surface area contributed by atoms with E-state index >= 15 is 0 Å². The molecule has 0 bridgehead atoms. The first-order valence-electron chi connectivity index (χ1n) is 7.09. The Kier molecular flexibility index (Phi) is 6.14. The standard InChI is InChI=1S/C17H15ClFNO4/c1-11(17(22)20-13-8-6-12(18)7-9-13)24-16(21)10-23-15-5-3-2-4-14(15)19/h2-9,11H,10H2,1H3,(H,20,22)/t11-/m0/s1. The van der Waals surface area contributed by atoms with Crippen LogP contribution in [-0.4, -0.2) is 24.6 Å². The van der Waals surface area contributed by atoms with Gasteiger partial charge in [0.2, 0.25) is 0 Å². The first-order valence-corrected chi connectivity index (χ1v) is 7.47. The van der Waals surface area contributed by atoms with E-state index in [0.717, 1.165) is 0 Å². The van der Waals surface area contributed by atoms with E-state index in [-0.39, 0.29) is 5.75 Å². The number of amides is 1. The molecule has 5 nitrogen and oxygen atoms in total. The summed E-state index contributed by atoms with van der Waals surface area (Å²) >= 11 is 5.75. The molecule has 0 radical (unpaired) electrons. The molecule has 0 spiro atoms. The van der Waals surface area contributed by atoms with E-state index in [4.69, 9.17) is 21.1 Å². The van der Waals surface area contributed by atoms with Crippen molar-refractivity contribution in [3.63, 3.8) is 0 Å². The summed E-state index contributed by atoms with van der Waals surface area (Å²) in [4.78, 5) is 23.6. The lowest BCUT2D eigenvalue weighted by Gasteiger charge is -2.14. The summed E-state index contributed by atoms with van der Waals surface area (Å²) in [6, 6.07) is 12.2. The fraction of sp³-hybridized carbons (Fsp3) is 0.176. The smallest absolute Gasteiger partial charge is 0.344 e. The Labute approximate surface area is 143 Å². The van der Waals surface area contributed by atoms with E-state index < -0.39 is 30.4 Å². The van der Waals surface area contributed by atoms with Gasteiger partial charge in [-0.1, -0.05) is 23.7 Å². The van der Waals surface area contributed by atoms with E-state index in [2.05, 4.69) is 5.32 Å². The summed E-state index contributed by atoms with van der Waals surface area (Å²) in [7, 11) is 0. The van der Waals surface area contributed by atoms with Crippen LogP contribution in [0.4, 0.5) is 10.1 Å². The fourth-order valence-corrected chi connectivity index (χ4v) is 1.89. The van der Waals surface area contributed by atoms with Crippen molar-refractivity contribution in [1.29, 1.82) is 0 Å². The van der Waals surface area contributed by atoms with Crippen LogP contribution in [0.3, 0.4) is 0 Å². The third kappa shape index (κ3) is 5.24. The SMILES string of the molecule is C[C@H](OC(=O)COc1ccccc1F)C(=O)Nc1ccc(Cl)cc1. The average Bonchev–Trinajstić information content (AvgIpc) is 2.56. The Hall–Kier alpha value is -2.60. The molecule has 126 valence electrons. The number of hydrogen-bond acceptors (Lipinski definition) is 4. The molecular weight excluding hydrogens is 337 g/mol. The molecule has 0 aliphatic rings. The molecule has 1 atom stereocenters. The van der Waals surface area contributed by atoms with Crippen LogP contribution in [-0.2, 0) is 14.3 Å².